The molecule has 0 unspecified atom stereocenters. The molecule has 0 N–H and O–H groups in total. The number of rotatable bonds is 5. The van der Waals surface area contributed by atoms with Crippen molar-refractivity contribution in [2.45, 2.75) is 6.54 Å². The van der Waals surface area contributed by atoms with Gasteiger partial charge in [0.15, 0.2) is 6.61 Å². The number of amides is 1. The number of hydrogen-bond donors (Lipinski definition) is 0. The van der Waals surface area contributed by atoms with Crippen LogP contribution in [-0.4, -0.2) is 61.1 Å². The highest BCUT2D eigenvalue weighted by molar-refractivity contribution is 7.16. The first kappa shape index (κ1) is 19.9. The third kappa shape index (κ3) is 4.98. The number of nitrogens with zero attached hydrogens (tertiary/aromatic N) is 2. The average molecular weight is 433 g/mol. The molecule has 152 valence electrons. The zero-order valence-corrected chi connectivity index (χ0v) is 17.4. The molecule has 3 heterocycles. The summed E-state index contributed by atoms with van der Waals surface area (Å²) in [5.74, 6) is 0.0544. The molecule has 0 bridgehead atoms. The molecule has 1 fully saturated rings. The molecule has 4 rings (SSSR count). The topological polar surface area (TPSA) is 59.1 Å². The molecule has 6 nitrogen and oxygen atoms in total. The van der Waals surface area contributed by atoms with E-state index in [-0.39, 0.29) is 19.1 Å². The highest BCUT2D eigenvalue weighted by Crippen LogP contribution is 2.26. The summed E-state index contributed by atoms with van der Waals surface area (Å²) in [6.45, 7) is 3.54. The van der Waals surface area contributed by atoms with E-state index in [1.165, 1.54) is 4.88 Å². The van der Waals surface area contributed by atoms with Crippen molar-refractivity contribution in [3.8, 4) is 5.75 Å². The Morgan fingerprint density at radius 1 is 1.10 bits per heavy atom. The quantitative estimate of drug-likeness (QED) is 0.679. The van der Waals surface area contributed by atoms with Crippen molar-refractivity contribution in [2.24, 2.45) is 0 Å². The molecule has 2 aliphatic heterocycles. The van der Waals surface area contributed by atoms with E-state index in [1.807, 2.05) is 36.4 Å². The number of para-hydroxylation sites is 1. The molecule has 0 radical (unpaired) electrons. The molecule has 29 heavy (non-hydrogen) atoms. The summed E-state index contributed by atoms with van der Waals surface area (Å²) in [5, 5.41) is 0. The van der Waals surface area contributed by atoms with Crippen molar-refractivity contribution in [3.05, 3.63) is 56.7 Å². The fourth-order valence-corrected chi connectivity index (χ4v) is 4.49. The van der Waals surface area contributed by atoms with Crippen LogP contribution in [0.4, 0.5) is 0 Å². The van der Waals surface area contributed by atoms with E-state index in [2.05, 4.69) is 4.90 Å². The summed E-state index contributed by atoms with van der Waals surface area (Å²) in [6.07, 6.45) is 1.75. The fourth-order valence-electron chi connectivity index (χ4n) is 3.36. The second kappa shape index (κ2) is 8.98. The Balaban J connectivity index is 1.23. The highest BCUT2D eigenvalue weighted by atomic mass is 35.5. The second-order valence-corrected chi connectivity index (χ2v) is 8.73. The Kier molecular flexibility index (Phi) is 6.18. The van der Waals surface area contributed by atoms with Gasteiger partial charge in [-0.1, -0.05) is 29.8 Å². The summed E-state index contributed by atoms with van der Waals surface area (Å²) in [7, 11) is 0. The third-order valence-electron chi connectivity index (χ3n) is 4.95. The lowest BCUT2D eigenvalue weighted by atomic mass is 10.1. The maximum absolute atomic E-state index is 12.4. The second-order valence-electron chi connectivity index (χ2n) is 6.93. The Morgan fingerprint density at radius 3 is 2.66 bits per heavy atom. The van der Waals surface area contributed by atoms with Crippen LogP contribution in [0.25, 0.3) is 6.08 Å². The van der Waals surface area contributed by atoms with Gasteiger partial charge in [0.1, 0.15) is 12.4 Å². The van der Waals surface area contributed by atoms with Crippen LogP contribution in [0.3, 0.4) is 0 Å². The number of piperazine rings is 1. The standard InChI is InChI=1S/C21H21ClN2O4S/c22-19-6-5-17(29-19)12-23-7-9-24(10-8-23)20(25)14-28-21(26)16-11-15-3-1-2-4-18(15)27-13-16/h1-6,11H,7-10,12-14H2. The Labute approximate surface area is 178 Å². The fraction of sp³-hybridized carbons (Fsp3) is 0.333. The molecule has 2 aliphatic rings. The largest absolute Gasteiger partial charge is 0.488 e. The van der Waals surface area contributed by atoms with Crippen molar-refractivity contribution >= 4 is 40.9 Å². The zero-order valence-electron chi connectivity index (χ0n) is 15.8. The molecule has 1 aromatic heterocycles. The van der Waals surface area contributed by atoms with Crippen molar-refractivity contribution in [1.29, 1.82) is 0 Å². The smallest absolute Gasteiger partial charge is 0.338 e. The van der Waals surface area contributed by atoms with Gasteiger partial charge in [0, 0.05) is 43.2 Å². The number of hydrogen-bond acceptors (Lipinski definition) is 6. The molecule has 0 aliphatic carbocycles. The van der Waals surface area contributed by atoms with Gasteiger partial charge in [0.25, 0.3) is 5.91 Å². The van der Waals surface area contributed by atoms with Gasteiger partial charge in [-0.05, 0) is 24.3 Å². The first-order valence-electron chi connectivity index (χ1n) is 9.42. The normalized spacial score (nSPS) is 16.6. The van der Waals surface area contributed by atoms with Crippen LogP contribution < -0.4 is 4.74 Å². The van der Waals surface area contributed by atoms with E-state index in [0.29, 0.717) is 18.7 Å². The zero-order chi connectivity index (χ0) is 20.2. The number of carbonyl (C=O) groups is 2. The van der Waals surface area contributed by atoms with Crippen LogP contribution >= 0.6 is 22.9 Å². The highest BCUT2D eigenvalue weighted by Gasteiger charge is 2.24. The van der Waals surface area contributed by atoms with E-state index in [9.17, 15) is 9.59 Å². The number of halogens is 1. The van der Waals surface area contributed by atoms with E-state index >= 15 is 0 Å². The summed E-state index contributed by atoms with van der Waals surface area (Å²) >= 11 is 7.56. The number of ether oxygens (including phenoxy) is 2. The molecule has 2 aromatic rings. The Morgan fingerprint density at radius 2 is 1.90 bits per heavy atom. The minimum Gasteiger partial charge on any atom is -0.488 e. The predicted molar refractivity (Wildman–Crippen MR) is 112 cm³/mol. The SMILES string of the molecule is O=C(OCC(=O)N1CCN(Cc2ccc(Cl)s2)CC1)C1=Cc2ccccc2OC1. The van der Waals surface area contributed by atoms with Crippen LogP contribution in [-0.2, 0) is 20.9 Å². The lowest BCUT2D eigenvalue weighted by Gasteiger charge is -2.34. The average Bonchev–Trinajstić information content (AvgIpc) is 3.16. The Bertz CT molecular complexity index is 934. The van der Waals surface area contributed by atoms with Gasteiger partial charge in [0.2, 0.25) is 0 Å². The summed E-state index contributed by atoms with van der Waals surface area (Å²) < 4.78 is 11.6. The minimum absolute atomic E-state index is 0.148. The minimum atomic E-state index is -0.513. The number of carbonyl (C=O) groups excluding carboxylic acids is 2. The first-order valence-corrected chi connectivity index (χ1v) is 10.6. The maximum Gasteiger partial charge on any atom is 0.338 e. The molecular weight excluding hydrogens is 412 g/mol. The first-order chi connectivity index (χ1) is 14.1. The maximum atomic E-state index is 12.4. The van der Waals surface area contributed by atoms with Crippen LogP contribution in [0.5, 0.6) is 5.75 Å². The van der Waals surface area contributed by atoms with Gasteiger partial charge >= 0.3 is 5.97 Å². The van der Waals surface area contributed by atoms with Crippen molar-refractivity contribution in [3.63, 3.8) is 0 Å². The van der Waals surface area contributed by atoms with Crippen molar-refractivity contribution in [2.75, 3.05) is 39.4 Å². The molecule has 0 atom stereocenters. The molecule has 1 saturated heterocycles. The number of thiophene rings is 1. The van der Waals surface area contributed by atoms with Gasteiger partial charge in [-0.15, -0.1) is 11.3 Å². The van der Waals surface area contributed by atoms with Crippen molar-refractivity contribution in [1.82, 2.24) is 9.80 Å². The number of benzene rings is 1. The van der Waals surface area contributed by atoms with E-state index in [4.69, 9.17) is 21.1 Å². The molecule has 0 saturated carbocycles. The van der Waals surface area contributed by atoms with Gasteiger partial charge in [-0.3, -0.25) is 9.69 Å². The molecule has 0 spiro atoms. The van der Waals surface area contributed by atoms with Crippen LogP contribution in [0.1, 0.15) is 10.4 Å². The van der Waals surface area contributed by atoms with E-state index < -0.39 is 5.97 Å². The summed E-state index contributed by atoms with van der Waals surface area (Å²) in [6, 6.07) is 11.4. The molecular formula is C21H21ClN2O4S. The van der Waals surface area contributed by atoms with Gasteiger partial charge in [-0.2, -0.15) is 0 Å². The summed E-state index contributed by atoms with van der Waals surface area (Å²) in [5.41, 5.74) is 1.25. The van der Waals surface area contributed by atoms with E-state index in [1.54, 1.807) is 22.3 Å². The monoisotopic (exact) mass is 432 g/mol. The lowest BCUT2D eigenvalue weighted by molar-refractivity contribution is -0.150. The van der Waals surface area contributed by atoms with Crippen LogP contribution in [0.15, 0.2) is 42.0 Å². The third-order valence-corrected chi connectivity index (χ3v) is 6.17. The van der Waals surface area contributed by atoms with Crippen molar-refractivity contribution < 1.29 is 19.1 Å². The van der Waals surface area contributed by atoms with Gasteiger partial charge in [0.05, 0.1) is 9.91 Å². The van der Waals surface area contributed by atoms with Crippen LogP contribution in [0, 0.1) is 0 Å². The van der Waals surface area contributed by atoms with Crippen LogP contribution in [0.2, 0.25) is 4.34 Å². The lowest BCUT2D eigenvalue weighted by Crippen LogP contribution is -2.49. The van der Waals surface area contributed by atoms with E-state index in [0.717, 1.165) is 35.3 Å². The molecule has 8 heteroatoms. The number of fused-ring (bicyclic) bond motifs is 1. The van der Waals surface area contributed by atoms with Gasteiger partial charge < -0.3 is 14.4 Å². The number of esters is 1. The molecule has 1 aromatic carbocycles. The van der Waals surface area contributed by atoms with Gasteiger partial charge in [-0.25, -0.2) is 4.79 Å². The summed E-state index contributed by atoms with van der Waals surface area (Å²) in [4.78, 5) is 30.0. The molecule has 1 amide bonds. The predicted octanol–water partition coefficient (Wildman–Crippen LogP) is 3.06. The Hall–Kier alpha value is -2.35.